The van der Waals surface area contributed by atoms with Crippen molar-refractivity contribution in [3.8, 4) is 0 Å². The Balaban J connectivity index is 1.54. The second-order valence-electron chi connectivity index (χ2n) is 8.21. The van der Waals surface area contributed by atoms with Crippen molar-refractivity contribution in [3.63, 3.8) is 0 Å². The first-order valence-corrected chi connectivity index (χ1v) is 11.2. The lowest BCUT2D eigenvalue weighted by Gasteiger charge is -2.23. The van der Waals surface area contributed by atoms with Crippen LogP contribution < -0.4 is 15.5 Å². The van der Waals surface area contributed by atoms with E-state index in [2.05, 4.69) is 21.6 Å². The smallest absolute Gasteiger partial charge is 0.251 e. The summed E-state index contributed by atoms with van der Waals surface area (Å²) in [5, 5.41) is 6.00. The molecule has 1 heterocycles. The average molecular weight is 428 g/mol. The minimum Gasteiger partial charge on any atom is -0.371 e. The Hall–Kier alpha value is -3.60. The van der Waals surface area contributed by atoms with Crippen molar-refractivity contribution in [2.75, 3.05) is 23.3 Å². The van der Waals surface area contributed by atoms with E-state index >= 15 is 0 Å². The van der Waals surface area contributed by atoms with E-state index in [9.17, 15) is 9.59 Å². The van der Waals surface area contributed by atoms with Crippen molar-refractivity contribution in [2.45, 2.75) is 32.2 Å². The minimum absolute atomic E-state index is 0.222. The maximum absolute atomic E-state index is 13.3. The lowest BCUT2D eigenvalue weighted by Crippen LogP contribution is -2.45. The summed E-state index contributed by atoms with van der Waals surface area (Å²) < 4.78 is 0. The zero-order chi connectivity index (χ0) is 22.3. The van der Waals surface area contributed by atoms with Gasteiger partial charge < -0.3 is 15.5 Å². The summed E-state index contributed by atoms with van der Waals surface area (Å²) in [5.74, 6) is -0.482. The van der Waals surface area contributed by atoms with Crippen LogP contribution in [0.25, 0.3) is 0 Å². The second-order valence-corrected chi connectivity index (χ2v) is 8.21. The molecule has 0 radical (unpaired) electrons. The molecule has 1 unspecified atom stereocenters. The van der Waals surface area contributed by atoms with Gasteiger partial charge in [-0.3, -0.25) is 9.59 Å². The van der Waals surface area contributed by atoms with Crippen LogP contribution in [-0.2, 0) is 11.2 Å². The summed E-state index contributed by atoms with van der Waals surface area (Å²) in [6.07, 6.45) is 2.80. The largest absolute Gasteiger partial charge is 0.371 e. The molecule has 0 saturated carbocycles. The van der Waals surface area contributed by atoms with E-state index in [4.69, 9.17) is 0 Å². The van der Waals surface area contributed by atoms with Crippen molar-refractivity contribution in [3.05, 3.63) is 95.6 Å². The number of hydrogen-bond acceptors (Lipinski definition) is 3. The molecule has 0 spiro atoms. The van der Waals surface area contributed by atoms with Crippen LogP contribution in [0.15, 0.2) is 78.9 Å². The second kappa shape index (κ2) is 10.1. The third-order valence-corrected chi connectivity index (χ3v) is 5.95. The van der Waals surface area contributed by atoms with Gasteiger partial charge in [0.05, 0.1) is 0 Å². The van der Waals surface area contributed by atoms with Crippen LogP contribution >= 0.6 is 0 Å². The highest BCUT2D eigenvalue weighted by molar-refractivity contribution is 6.01. The summed E-state index contributed by atoms with van der Waals surface area (Å²) in [4.78, 5) is 28.5. The van der Waals surface area contributed by atoms with Crippen LogP contribution in [0, 0.1) is 6.92 Å². The molecule has 5 heteroatoms. The summed E-state index contributed by atoms with van der Waals surface area (Å²) in [6, 6.07) is 24.0. The van der Waals surface area contributed by atoms with E-state index in [0.717, 1.165) is 35.6 Å². The van der Waals surface area contributed by atoms with E-state index in [0.29, 0.717) is 12.0 Å². The van der Waals surface area contributed by atoms with Gasteiger partial charge in [-0.2, -0.15) is 0 Å². The quantitative estimate of drug-likeness (QED) is 0.580. The number of rotatable bonds is 7. The Morgan fingerprint density at radius 3 is 2.22 bits per heavy atom. The Morgan fingerprint density at radius 2 is 1.53 bits per heavy atom. The number of nitrogens with zero attached hydrogens (tertiary/aromatic N) is 1. The van der Waals surface area contributed by atoms with Crippen LogP contribution in [0.1, 0.15) is 34.3 Å². The van der Waals surface area contributed by atoms with Crippen LogP contribution in [0.4, 0.5) is 11.4 Å². The molecule has 0 aromatic heterocycles. The van der Waals surface area contributed by atoms with Crippen molar-refractivity contribution >= 4 is 23.2 Å². The van der Waals surface area contributed by atoms with Crippen molar-refractivity contribution in [2.24, 2.45) is 0 Å². The molecule has 1 atom stereocenters. The number of anilines is 2. The maximum Gasteiger partial charge on any atom is 0.251 e. The van der Waals surface area contributed by atoms with Gasteiger partial charge in [0.2, 0.25) is 5.91 Å². The zero-order valence-corrected chi connectivity index (χ0v) is 18.4. The normalized spacial score (nSPS) is 14.1. The first-order valence-electron chi connectivity index (χ1n) is 11.2. The van der Waals surface area contributed by atoms with Gasteiger partial charge in [-0.15, -0.1) is 0 Å². The topological polar surface area (TPSA) is 61.4 Å². The van der Waals surface area contributed by atoms with Gasteiger partial charge in [0.1, 0.15) is 6.04 Å². The maximum atomic E-state index is 13.3. The number of benzene rings is 3. The number of carbonyl (C=O) groups is 2. The molecule has 3 aromatic carbocycles. The fraction of sp³-hybridized carbons (Fsp3) is 0.259. The van der Waals surface area contributed by atoms with Crippen LogP contribution in [0.5, 0.6) is 0 Å². The third-order valence-electron chi connectivity index (χ3n) is 5.95. The molecule has 1 aliphatic heterocycles. The van der Waals surface area contributed by atoms with Gasteiger partial charge in [-0.1, -0.05) is 54.6 Å². The molecule has 5 nitrogen and oxygen atoms in total. The van der Waals surface area contributed by atoms with E-state index < -0.39 is 6.04 Å². The molecular weight excluding hydrogens is 398 g/mol. The molecule has 0 bridgehead atoms. The predicted octanol–water partition coefficient (Wildman–Crippen LogP) is 4.58. The number of hydrogen-bond donors (Lipinski definition) is 2. The highest BCUT2D eigenvalue weighted by atomic mass is 16.2. The molecular formula is C27H29N3O2. The SMILES string of the molecule is Cc1c(NC(=O)C(Cc2ccccc2)NC(=O)c2ccccc2)cccc1N1CCCC1. The standard InChI is InChI=1S/C27H29N3O2/c1-20-23(15-10-16-25(20)30-17-8-9-18-30)28-27(32)24(19-21-11-4-2-5-12-21)29-26(31)22-13-6-3-7-14-22/h2-7,10-16,24H,8-9,17-19H2,1H3,(H,28,32)(H,29,31). The molecule has 1 saturated heterocycles. The Morgan fingerprint density at radius 1 is 0.875 bits per heavy atom. The van der Waals surface area contributed by atoms with Crippen molar-refractivity contribution < 1.29 is 9.59 Å². The average Bonchev–Trinajstić information content (AvgIpc) is 3.36. The van der Waals surface area contributed by atoms with Gasteiger partial charge in [0.25, 0.3) is 5.91 Å². The Bertz CT molecular complexity index is 1060. The summed E-state index contributed by atoms with van der Waals surface area (Å²) in [7, 11) is 0. The lowest BCUT2D eigenvalue weighted by atomic mass is 10.0. The highest BCUT2D eigenvalue weighted by Crippen LogP contribution is 2.29. The Labute approximate surface area is 189 Å². The number of nitrogens with one attached hydrogen (secondary N) is 2. The van der Waals surface area contributed by atoms with E-state index in [-0.39, 0.29) is 11.8 Å². The van der Waals surface area contributed by atoms with E-state index in [1.54, 1.807) is 12.1 Å². The van der Waals surface area contributed by atoms with Gasteiger partial charge in [-0.05, 0) is 55.2 Å². The fourth-order valence-corrected chi connectivity index (χ4v) is 4.17. The Kier molecular flexibility index (Phi) is 6.85. The third kappa shape index (κ3) is 5.17. The lowest BCUT2D eigenvalue weighted by molar-refractivity contribution is -0.118. The molecule has 0 aliphatic carbocycles. The first kappa shape index (κ1) is 21.6. The highest BCUT2D eigenvalue weighted by Gasteiger charge is 2.23. The molecule has 1 aliphatic rings. The predicted molar refractivity (Wildman–Crippen MR) is 129 cm³/mol. The molecule has 2 amide bonds. The molecule has 3 aromatic rings. The summed E-state index contributed by atoms with van der Waals surface area (Å²) in [5.41, 5.74) is 4.52. The molecule has 1 fully saturated rings. The van der Waals surface area contributed by atoms with Gasteiger partial charge in [0, 0.05) is 36.4 Å². The number of carbonyl (C=O) groups excluding carboxylic acids is 2. The van der Waals surface area contributed by atoms with Crippen LogP contribution in [0.3, 0.4) is 0 Å². The summed E-state index contributed by atoms with van der Waals surface area (Å²) >= 11 is 0. The monoisotopic (exact) mass is 427 g/mol. The van der Waals surface area contributed by atoms with Gasteiger partial charge >= 0.3 is 0 Å². The number of amides is 2. The van der Waals surface area contributed by atoms with E-state index in [1.807, 2.05) is 67.6 Å². The molecule has 2 N–H and O–H groups in total. The zero-order valence-electron chi connectivity index (χ0n) is 18.4. The molecule has 4 rings (SSSR count). The van der Waals surface area contributed by atoms with Gasteiger partial charge in [0.15, 0.2) is 0 Å². The van der Waals surface area contributed by atoms with Crippen LogP contribution in [-0.4, -0.2) is 30.9 Å². The van der Waals surface area contributed by atoms with Crippen molar-refractivity contribution in [1.82, 2.24) is 5.32 Å². The van der Waals surface area contributed by atoms with Gasteiger partial charge in [-0.25, -0.2) is 0 Å². The van der Waals surface area contributed by atoms with Crippen molar-refractivity contribution in [1.29, 1.82) is 0 Å². The summed E-state index contributed by atoms with van der Waals surface area (Å²) in [6.45, 7) is 4.13. The molecule has 164 valence electrons. The minimum atomic E-state index is -0.694. The van der Waals surface area contributed by atoms with E-state index in [1.165, 1.54) is 12.8 Å². The molecule has 32 heavy (non-hydrogen) atoms. The van der Waals surface area contributed by atoms with Crippen LogP contribution in [0.2, 0.25) is 0 Å². The fourth-order valence-electron chi connectivity index (χ4n) is 4.17. The first-order chi connectivity index (χ1) is 15.6.